The van der Waals surface area contributed by atoms with Crippen molar-refractivity contribution in [1.29, 1.82) is 0 Å². The van der Waals surface area contributed by atoms with Gasteiger partial charge in [0.1, 0.15) is 5.69 Å². The summed E-state index contributed by atoms with van der Waals surface area (Å²) < 4.78 is 42.8. The van der Waals surface area contributed by atoms with E-state index < -0.39 is 11.9 Å². The topological polar surface area (TPSA) is 72.4 Å². The summed E-state index contributed by atoms with van der Waals surface area (Å²) in [6.45, 7) is 2.44. The predicted molar refractivity (Wildman–Crippen MR) is 89.9 cm³/mol. The molecule has 1 atom stereocenters. The number of nitrogens with two attached hydrogens (primary N) is 1. The first kappa shape index (κ1) is 19.7. The van der Waals surface area contributed by atoms with Gasteiger partial charge in [-0.25, -0.2) is 0 Å². The lowest BCUT2D eigenvalue weighted by Gasteiger charge is -2.30. The van der Waals surface area contributed by atoms with Crippen LogP contribution in [0.5, 0.6) is 0 Å². The van der Waals surface area contributed by atoms with Crippen molar-refractivity contribution in [3.63, 3.8) is 0 Å². The van der Waals surface area contributed by atoms with Crippen molar-refractivity contribution in [2.24, 2.45) is 5.73 Å². The van der Waals surface area contributed by atoms with Crippen LogP contribution in [-0.2, 0) is 6.18 Å². The van der Waals surface area contributed by atoms with Gasteiger partial charge in [-0.3, -0.25) is 4.79 Å². The maximum absolute atomic E-state index is 12.8. The minimum absolute atomic E-state index is 0. The fourth-order valence-electron chi connectivity index (χ4n) is 2.76. The van der Waals surface area contributed by atoms with Gasteiger partial charge in [-0.05, 0) is 31.9 Å². The number of aromatic nitrogens is 1. The van der Waals surface area contributed by atoms with Crippen molar-refractivity contribution in [2.45, 2.75) is 32.0 Å². The average molecular weight is 396 g/mol. The fourth-order valence-corrected chi connectivity index (χ4v) is 3.77. The molecule has 2 aromatic rings. The number of likely N-dealkylation sites (tertiary alicyclic amines) is 1. The molecule has 1 amide bonds. The Labute approximate surface area is 152 Å². The van der Waals surface area contributed by atoms with E-state index in [4.69, 9.17) is 5.73 Å². The zero-order chi connectivity index (χ0) is 17.5. The number of nitrogens with zero attached hydrogens (tertiary/aromatic N) is 2. The Kier molecular flexibility index (Phi) is 5.80. The van der Waals surface area contributed by atoms with E-state index in [0.717, 1.165) is 24.2 Å². The molecule has 138 valence electrons. The molecular weight excluding hydrogens is 379 g/mol. The number of carbonyl (C=O) groups is 1. The van der Waals surface area contributed by atoms with E-state index in [1.807, 2.05) is 0 Å². The highest BCUT2D eigenvalue weighted by atomic mass is 35.5. The number of amides is 1. The second-order valence-electron chi connectivity index (χ2n) is 5.80. The molecule has 0 radical (unpaired) electrons. The third-order valence-electron chi connectivity index (χ3n) is 3.98. The first-order chi connectivity index (χ1) is 11.3. The molecule has 1 saturated heterocycles. The number of hydrogen-bond donors (Lipinski definition) is 1. The Balaban J connectivity index is 0.00000225. The number of halogens is 4. The van der Waals surface area contributed by atoms with E-state index in [-0.39, 0.29) is 35.6 Å². The van der Waals surface area contributed by atoms with Crippen molar-refractivity contribution >= 4 is 29.7 Å². The molecule has 0 unspecified atom stereocenters. The van der Waals surface area contributed by atoms with Crippen LogP contribution in [0.15, 0.2) is 16.7 Å². The van der Waals surface area contributed by atoms with E-state index in [1.165, 1.54) is 6.92 Å². The SMILES string of the molecule is Cc1c(-c2ccc(C(=O)N3CCC[C@@H](N)C3)s2)noc1C(F)(F)F.Cl. The van der Waals surface area contributed by atoms with Crippen LogP contribution in [0.4, 0.5) is 13.2 Å². The molecule has 5 nitrogen and oxygen atoms in total. The van der Waals surface area contributed by atoms with Crippen LogP contribution in [0.2, 0.25) is 0 Å². The lowest BCUT2D eigenvalue weighted by molar-refractivity contribution is -0.156. The highest BCUT2D eigenvalue weighted by molar-refractivity contribution is 7.17. The average Bonchev–Trinajstić information content (AvgIpc) is 3.12. The van der Waals surface area contributed by atoms with Crippen molar-refractivity contribution in [2.75, 3.05) is 13.1 Å². The maximum Gasteiger partial charge on any atom is 0.452 e. The van der Waals surface area contributed by atoms with Crippen LogP contribution >= 0.6 is 23.7 Å². The molecule has 1 aliphatic heterocycles. The highest BCUT2D eigenvalue weighted by Gasteiger charge is 2.39. The minimum atomic E-state index is -4.59. The third kappa shape index (κ3) is 3.99. The van der Waals surface area contributed by atoms with Crippen LogP contribution in [0.25, 0.3) is 10.6 Å². The molecule has 0 spiro atoms. The molecule has 1 aliphatic rings. The van der Waals surface area contributed by atoms with E-state index in [0.29, 0.717) is 22.8 Å². The number of hydrogen-bond acceptors (Lipinski definition) is 5. The van der Waals surface area contributed by atoms with Crippen LogP contribution < -0.4 is 5.73 Å². The van der Waals surface area contributed by atoms with Gasteiger partial charge >= 0.3 is 6.18 Å². The van der Waals surface area contributed by atoms with Gasteiger partial charge in [-0.1, -0.05) is 5.16 Å². The number of thiophene rings is 1. The molecule has 0 aliphatic carbocycles. The number of rotatable bonds is 2. The molecule has 3 heterocycles. The predicted octanol–water partition coefficient (Wildman–Crippen LogP) is 3.72. The zero-order valence-electron chi connectivity index (χ0n) is 13.3. The van der Waals surface area contributed by atoms with Crippen molar-refractivity contribution in [3.8, 4) is 10.6 Å². The molecular formula is C15H17ClF3N3O2S. The van der Waals surface area contributed by atoms with Gasteiger partial charge in [0.15, 0.2) is 0 Å². The maximum atomic E-state index is 12.8. The summed E-state index contributed by atoms with van der Waals surface area (Å²) in [5, 5.41) is 3.52. The Hall–Kier alpha value is -1.58. The van der Waals surface area contributed by atoms with Crippen LogP contribution in [0.1, 0.15) is 33.8 Å². The summed E-state index contributed by atoms with van der Waals surface area (Å²) in [5.41, 5.74) is 5.91. The standard InChI is InChI=1S/C15H16F3N3O2S.ClH/c1-8-12(20-23-13(8)15(16,17)18)10-4-5-11(24-10)14(22)21-6-2-3-9(19)7-21;/h4-5,9H,2-3,6-7,19H2,1H3;1H/t9-;/m1./s1. The van der Waals surface area contributed by atoms with Gasteiger partial charge in [-0.2, -0.15) is 13.2 Å². The van der Waals surface area contributed by atoms with Crippen molar-refractivity contribution in [3.05, 3.63) is 28.3 Å². The highest BCUT2D eigenvalue weighted by Crippen LogP contribution is 2.38. The molecule has 10 heteroatoms. The summed E-state index contributed by atoms with van der Waals surface area (Å²) in [6.07, 6.45) is -2.85. The Morgan fingerprint density at radius 1 is 1.44 bits per heavy atom. The second-order valence-corrected chi connectivity index (χ2v) is 6.88. The van der Waals surface area contributed by atoms with Gasteiger partial charge in [0, 0.05) is 24.7 Å². The third-order valence-corrected chi connectivity index (χ3v) is 5.06. The molecule has 2 aromatic heterocycles. The first-order valence-electron chi connectivity index (χ1n) is 7.46. The van der Waals surface area contributed by atoms with E-state index in [2.05, 4.69) is 9.68 Å². The normalized spacial score (nSPS) is 18.1. The monoisotopic (exact) mass is 395 g/mol. The van der Waals surface area contributed by atoms with E-state index in [1.54, 1.807) is 17.0 Å². The number of alkyl halides is 3. The van der Waals surface area contributed by atoms with E-state index in [9.17, 15) is 18.0 Å². The van der Waals surface area contributed by atoms with Gasteiger partial charge in [0.2, 0.25) is 5.76 Å². The van der Waals surface area contributed by atoms with Gasteiger partial charge < -0.3 is 15.2 Å². The lowest BCUT2D eigenvalue weighted by Crippen LogP contribution is -2.45. The summed E-state index contributed by atoms with van der Waals surface area (Å²) in [5.74, 6) is -1.26. The quantitative estimate of drug-likeness (QED) is 0.841. The minimum Gasteiger partial charge on any atom is -0.351 e. The second kappa shape index (κ2) is 7.35. The van der Waals surface area contributed by atoms with Crippen LogP contribution in [0.3, 0.4) is 0 Å². The molecule has 25 heavy (non-hydrogen) atoms. The van der Waals surface area contributed by atoms with E-state index >= 15 is 0 Å². The smallest absolute Gasteiger partial charge is 0.351 e. The Bertz CT molecular complexity index is 760. The Morgan fingerprint density at radius 2 is 2.16 bits per heavy atom. The molecule has 3 rings (SSSR count). The van der Waals surface area contributed by atoms with Crippen molar-refractivity contribution < 1.29 is 22.5 Å². The fraction of sp³-hybridized carbons (Fsp3) is 0.467. The van der Waals surface area contributed by atoms with Gasteiger partial charge in [0.25, 0.3) is 5.91 Å². The largest absolute Gasteiger partial charge is 0.452 e. The van der Waals surface area contributed by atoms with Crippen LogP contribution in [-0.4, -0.2) is 35.1 Å². The lowest BCUT2D eigenvalue weighted by atomic mass is 10.1. The molecule has 2 N–H and O–H groups in total. The molecule has 1 fully saturated rings. The Morgan fingerprint density at radius 3 is 2.76 bits per heavy atom. The zero-order valence-corrected chi connectivity index (χ0v) is 14.9. The molecule has 0 saturated carbocycles. The summed E-state index contributed by atoms with van der Waals surface area (Å²) in [4.78, 5) is 15.1. The summed E-state index contributed by atoms with van der Waals surface area (Å²) in [6, 6.07) is 3.16. The van der Waals surface area contributed by atoms with Crippen molar-refractivity contribution in [1.82, 2.24) is 10.1 Å². The van der Waals surface area contributed by atoms with Gasteiger partial charge in [-0.15, -0.1) is 23.7 Å². The van der Waals surface area contributed by atoms with Gasteiger partial charge in [0.05, 0.1) is 9.75 Å². The molecule has 0 aromatic carbocycles. The molecule has 0 bridgehead atoms. The first-order valence-corrected chi connectivity index (χ1v) is 8.27. The summed E-state index contributed by atoms with van der Waals surface area (Å²) >= 11 is 1.11. The van der Waals surface area contributed by atoms with Crippen LogP contribution in [0, 0.1) is 6.92 Å². The number of piperidine rings is 1. The summed E-state index contributed by atoms with van der Waals surface area (Å²) in [7, 11) is 0. The number of carbonyl (C=O) groups excluding carboxylic acids is 1.